The summed E-state index contributed by atoms with van der Waals surface area (Å²) in [6.45, 7) is 1.46. The van der Waals surface area contributed by atoms with Crippen molar-refractivity contribution in [1.29, 1.82) is 0 Å². The van der Waals surface area contributed by atoms with Gasteiger partial charge in [-0.15, -0.1) is 11.3 Å². The van der Waals surface area contributed by atoms with Crippen molar-refractivity contribution in [2.24, 2.45) is 5.73 Å². The summed E-state index contributed by atoms with van der Waals surface area (Å²) in [5.41, 5.74) is 6.41. The largest absolute Gasteiger partial charge is 0.452 e. The number of nitrogens with zero attached hydrogens (tertiary/aromatic N) is 1. The fourth-order valence-electron chi connectivity index (χ4n) is 2.55. The lowest BCUT2D eigenvalue weighted by molar-refractivity contribution is -0.153. The molecule has 10 heteroatoms. The number of primary amides is 1. The van der Waals surface area contributed by atoms with Gasteiger partial charge in [0.25, 0.3) is 11.8 Å². The lowest BCUT2D eigenvalue weighted by atomic mass is 10.3. The van der Waals surface area contributed by atoms with Crippen LogP contribution >= 0.6 is 11.3 Å². The van der Waals surface area contributed by atoms with Crippen LogP contribution < -0.4 is 16.8 Å². The second-order valence-electron chi connectivity index (χ2n) is 5.89. The molecule has 0 saturated carbocycles. The number of rotatable bonds is 7. The quantitative estimate of drug-likeness (QED) is 0.577. The van der Waals surface area contributed by atoms with Crippen molar-refractivity contribution < 1.29 is 23.5 Å². The van der Waals surface area contributed by atoms with E-state index in [9.17, 15) is 19.2 Å². The molecule has 3 aromatic rings. The third-order valence-electron chi connectivity index (χ3n) is 3.96. The van der Waals surface area contributed by atoms with Gasteiger partial charge in [-0.2, -0.15) is 0 Å². The lowest BCUT2D eigenvalue weighted by Crippen LogP contribution is -2.31. The molecule has 0 aliphatic heterocycles. The minimum atomic E-state index is -1.09. The Bertz CT molecular complexity index is 1100. The van der Waals surface area contributed by atoms with Crippen molar-refractivity contribution in [2.45, 2.75) is 26.0 Å². The van der Waals surface area contributed by atoms with Crippen LogP contribution in [0.1, 0.15) is 23.7 Å². The van der Waals surface area contributed by atoms with Crippen LogP contribution in [0.25, 0.3) is 11.1 Å². The van der Waals surface area contributed by atoms with Crippen LogP contribution in [-0.4, -0.2) is 28.5 Å². The number of para-hydroxylation sites is 2. The highest BCUT2D eigenvalue weighted by atomic mass is 32.1. The number of fused-ring (bicyclic) bond motifs is 1. The topological polar surface area (TPSA) is 134 Å². The zero-order chi connectivity index (χ0) is 20.3. The maximum atomic E-state index is 12.2. The van der Waals surface area contributed by atoms with Crippen LogP contribution in [0, 0.1) is 0 Å². The van der Waals surface area contributed by atoms with E-state index in [2.05, 4.69) is 5.32 Å². The Kier molecular flexibility index (Phi) is 5.59. The van der Waals surface area contributed by atoms with E-state index >= 15 is 0 Å². The molecule has 2 heterocycles. The standard InChI is InChI=1S/C18H17N3O6S/c1-10(16(24)20-17-11(15(19)23)7-9-28-17)26-14(22)6-8-21-12-4-2-3-5-13(12)27-18(21)25/h2-5,7,9-10H,6,8H2,1H3,(H2,19,23)(H,20,24)/t10-/m1/s1. The molecule has 1 aromatic carbocycles. The van der Waals surface area contributed by atoms with Crippen molar-refractivity contribution in [2.75, 3.05) is 5.32 Å². The fourth-order valence-corrected chi connectivity index (χ4v) is 3.35. The molecule has 0 fully saturated rings. The smallest absolute Gasteiger partial charge is 0.419 e. The number of esters is 1. The minimum absolute atomic E-state index is 0.0553. The highest BCUT2D eigenvalue weighted by Crippen LogP contribution is 2.23. The van der Waals surface area contributed by atoms with Gasteiger partial charge in [0.2, 0.25) is 0 Å². The number of anilines is 1. The summed E-state index contributed by atoms with van der Waals surface area (Å²) >= 11 is 1.13. The van der Waals surface area contributed by atoms with Crippen molar-refractivity contribution in [3.05, 3.63) is 51.8 Å². The molecule has 2 amide bonds. The predicted molar refractivity (Wildman–Crippen MR) is 102 cm³/mol. The zero-order valence-electron chi connectivity index (χ0n) is 14.8. The summed E-state index contributed by atoms with van der Waals surface area (Å²) < 4.78 is 11.5. The normalized spacial score (nSPS) is 11.9. The number of benzene rings is 1. The van der Waals surface area contributed by atoms with E-state index in [0.717, 1.165) is 11.3 Å². The van der Waals surface area contributed by atoms with E-state index in [0.29, 0.717) is 11.1 Å². The van der Waals surface area contributed by atoms with E-state index in [4.69, 9.17) is 14.9 Å². The van der Waals surface area contributed by atoms with Crippen LogP contribution in [0.3, 0.4) is 0 Å². The number of aromatic nitrogens is 1. The van der Waals surface area contributed by atoms with Gasteiger partial charge >= 0.3 is 11.7 Å². The van der Waals surface area contributed by atoms with Crippen LogP contribution in [0.5, 0.6) is 0 Å². The molecule has 0 aliphatic rings. The summed E-state index contributed by atoms with van der Waals surface area (Å²) in [6.07, 6.45) is -1.21. The molecule has 0 saturated heterocycles. The molecular formula is C18H17N3O6S. The Morgan fingerprint density at radius 1 is 1.29 bits per heavy atom. The lowest BCUT2D eigenvalue weighted by Gasteiger charge is -2.13. The molecule has 1 atom stereocenters. The molecule has 0 bridgehead atoms. The maximum absolute atomic E-state index is 12.2. The Labute approximate surface area is 162 Å². The number of hydrogen-bond donors (Lipinski definition) is 2. The number of aryl methyl sites for hydroxylation is 1. The summed E-state index contributed by atoms with van der Waals surface area (Å²) in [6, 6.07) is 8.35. The Balaban J connectivity index is 1.57. The molecule has 3 rings (SSSR count). The predicted octanol–water partition coefficient (Wildman–Crippen LogP) is 1.72. The molecule has 146 valence electrons. The number of nitrogens with one attached hydrogen (secondary N) is 1. The SMILES string of the molecule is C[C@@H](OC(=O)CCn1c(=O)oc2ccccc21)C(=O)Nc1sccc1C(N)=O. The van der Waals surface area contributed by atoms with Gasteiger partial charge in [-0.25, -0.2) is 4.79 Å². The second kappa shape index (κ2) is 8.09. The van der Waals surface area contributed by atoms with E-state index in [1.807, 2.05) is 0 Å². The van der Waals surface area contributed by atoms with Gasteiger partial charge in [0.15, 0.2) is 11.7 Å². The van der Waals surface area contributed by atoms with Crippen LogP contribution in [-0.2, 0) is 20.9 Å². The Morgan fingerprint density at radius 2 is 2.04 bits per heavy atom. The van der Waals surface area contributed by atoms with Gasteiger partial charge in [0.05, 0.1) is 17.5 Å². The third kappa shape index (κ3) is 4.12. The monoisotopic (exact) mass is 403 g/mol. The molecule has 0 radical (unpaired) electrons. The van der Waals surface area contributed by atoms with Crippen LogP contribution in [0.4, 0.5) is 5.00 Å². The number of thiophene rings is 1. The molecule has 2 aromatic heterocycles. The fraction of sp³-hybridized carbons (Fsp3) is 0.222. The van der Waals surface area contributed by atoms with Gasteiger partial charge in [0.1, 0.15) is 5.00 Å². The van der Waals surface area contributed by atoms with Crippen LogP contribution in [0.15, 0.2) is 44.9 Å². The van der Waals surface area contributed by atoms with Gasteiger partial charge in [-0.3, -0.25) is 19.0 Å². The van der Waals surface area contributed by atoms with Gasteiger partial charge < -0.3 is 20.2 Å². The summed E-state index contributed by atoms with van der Waals surface area (Å²) in [4.78, 5) is 47.4. The first-order valence-electron chi connectivity index (χ1n) is 8.33. The number of carbonyl (C=O) groups is 3. The summed E-state index contributed by atoms with van der Waals surface area (Å²) in [7, 11) is 0. The first-order valence-corrected chi connectivity index (χ1v) is 9.21. The number of ether oxygens (including phenoxy) is 1. The maximum Gasteiger partial charge on any atom is 0.419 e. The van der Waals surface area contributed by atoms with Gasteiger partial charge in [-0.1, -0.05) is 12.1 Å². The number of nitrogens with two attached hydrogens (primary N) is 1. The van der Waals surface area contributed by atoms with Gasteiger partial charge in [-0.05, 0) is 30.5 Å². The summed E-state index contributed by atoms with van der Waals surface area (Å²) in [5.74, 6) is -2.49. The molecule has 0 spiro atoms. The van der Waals surface area contributed by atoms with Crippen molar-refractivity contribution in [3.8, 4) is 0 Å². The van der Waals surface area contributed by atoms with E-state index in [-0.39, 0.29) is 23.5 Å². The minimum Gasteiger partial charge on any atom is -0.452 e. The number of carbonyl (C=O) groups excluding carboxylic acids is 3. The zero-order valence-corrected chi connectivity index (χ0v) is 15.7. The Morgan fingerprint density at radius 3 is 2.79 bits per heavy atom. The van der Waals surface area contributed by atoms with Crippen LogP contribution in [0.2, 0.25) is 0 Å². The highest BCUT2D eigenvalue weighted by molar-refractivity contribution is 7.14. The van der Waals surface area contributed by atoms with Gasteiger partial charge in [0, 0.05) is 6.54 Å². The number of hydrogen-bond acceptors (Lipinski definition) is 7. The number of amides is 2. The number of oxazole rings is 1. The molecular weight excluding hydrogens is 386 g/mol. The van der Waals surface area contributed by atoms with Crippen molar-refractivity contribution in [3.63, 3.8) is 0 Å². The van der Waals surface area contributed by atoms with E-state index in [1.165, 1.54) is 17.6 Å². The molecule has 28 heavy (non-hydrogen) atoms. The molecule has 0 aliphatic carbocycles. The van der Waals surface area contributed by atoms with E-state index in [1.54, 1.807) is 29.6 Å². The average Bonchev–Trinajstić information content (AvgIpc) is 3.23. The first kappa shape index (κ1) is 19.4. The molecule has 9 nitrogen and oxygen atoms in total. The van der Waals surface area contributed by atoms with Crippen molar-refractivity contribution >= 4 is 45.2 Å². The first-order chi connectivity index (χ1) is 13.4. The van der Waals surface area contributed by atoms with Crippen molar-refractivity contribution in [1.82, 2.24) is 4.57 Å². The third-order valence-corrected chi connectivity index (χ3v) is 4.79. The highest BCUT2D eigenvalue weighted by Gasteiger charge is 2.21. The van der Waals surface area contributed by atoms with E-state index < -0.39 is 29.6 Å². The average molecular weight is 403 g/mol. The molecule has 3 N–H and O–H groups in total. The Hall–Kier alpha value is -3.40. The summed E-state index contributed by atoms with van der Waals surface area (Å²) in [5, 5.41) is 4.41. The second-order valence-corrected chi connectivity index (χ2v) is 6.80. The molecule has 0 unspecified atom stereocenters.